The van der Waals surface area contributed by atoms with E-state index < -0.39 is 5.41 Å². The van der Waals surface area contributed by atoms with Gasteiger partial charge >= 0.3 is 0 Å². The van der Waals surface area contributed by atoms with Gasteiger partial charge in [-0.25, -0.2) is 4.98 Å². The van der Waals surface area contributed by atoms with Gasteiger partial charge < -0.3 is 0 Å². The van der Waals surface area contributed by atoms with E-state index in [0.717, 1.165) is 33.1 Å². The van der Waals surface area contributed by atoms with E-state index in [2.05, 4.69) is 135 Å². The van der Waals surface area contributed by atoms with Gasteiger partial charge in [-0.1, -0.05) is 115 Å². The summed E-state index contributed by atoms with van der Waals surface area (Å²) in [5.74, 6) is 0. The van der Waals surface area contributed by atoms with Crippen LogP contribution >= 0.6 is 0 Å². The van der Waals surface area contributed by atoms with Crippen molar-refractivity contribution in [3.63, 3.8) is 0 Å². The van der Waals surface area contributed by atoms with Crippen LogP contribution in [0.3, 0.4) is 0 Å². The highest BCUT2D eigenvalue weighted by Gasteiger charge is 2.47. The molecule has 0 amide bonds. The van der Waals surface area contributed by atoms with E-state index in [9.17, 15) is 0 Å². The Kier molecular flexibility index (Phi) is 5.20. The van der Waals surface area contributed by atoms with Crippen LogP contribution in [-0.4, -0.2) is 9.97 Å². The topological polar surface area (TPSA) is 25.8 Å². The number of pyridine rings is 2. The van der Waals surface area contributed by atoms with Crippen molar-refractivity contribution in [2.24, 2.45) is 0 Å². The first-order chi connectivity index (χ1) is 20.2. The van der Waals surface area contributed by atoms with Crippen LogP contribution in [0, 0.1) is 13.8 Å². The molecule has 194 valence electrons. The van der Waals surface area contributed by atoms with Crippen LogP contribution in [0.5, 0.6) is 0 Å². The molecule has 0 saturated carbocycles. The molecule has 1 aliphatic rings. The van der Waals surface area contributed by atoms with Crippen molar-refractivity contribution < 1.29 is 0 Å². The third-order valence-electron chi connectivity index (χ3n) is 8.95. The average molecular weight is 525 g/mol. The number of hydrogen-bond donors (Lipinski definition) is 0. The van der Waals surface area contributed by atoms with Crippen LogP contribution in [0.25, 0.3) is 44.2 Å². The first-order valence-corrected chi connectivity index (χ1v) is 14.2. The Morgan fingerprint density at radius 2 is 1.05 bits per heavy atom. The van der Waals surface area contributed by atoms with E-state index in [4.69, 9.17) is 9.97 Å². The molecule has 2 nitrogen and oxygen atoms in total. The van der Waals surface area contributed by atoms with Gasteiger partial charge in [0.05, 0.1) is 22.1 Å². The van der Waals surface area contributed by atoms with E-state index in [1.165, 1.54) is 44.5 Å². The number of fused-ring (bicyclic) bond motifs is 6. The normalized spacial score (nSPS) is 13.3. The second kappa shape index (κ2) is 8.97. The van der Waals surface area contributed by atoms with Crippen molar-refractivity contribution >= 4 is 21.8 Å². The van der Waals surface area contributed by atoms with Gasteiger partial charge in [-0.2, -0.15) is 0 Å². The molecule has 41 heavy (non-hydrogen) atoms. The van der Waals surface area contributed by atoms with Crippen molar-refractivity contribution in [2.45, 2.75) is 19.3 Å². The summed E-state index contributed by atoms with van der Waals surface area (Å²) in [4.78, 5) is 9.94. The molecule has 0 aliphatic heterocycles. The maximum atomic E-state index is 5.24. The molecule has 0 radical (unpaired) electrons. The number of nitrogens with zero attached hydrogens (tertiary/aromatic N) is 2. The van der Waals surface area contributed by atoms with E-state index >= 15 is 0 Å². The van der Waals surface area contributed by atoms with Gasteiger partial charge in [0.25, 0.3) is 0 Å². The lowest BCUT2D eigenvalue weighted by atomic mass is 9.65. The Morgan fingerprint density at radius 1 is 0.463 bits per heavy atom. The fourth-order valence-corrected chi connectivity index (χ4v) is 7.15. The van der Waals surface area contributed by atoms with E-state index in [1.54, 1.807) is 0 Å². The summed E-state index contributed by atoms with van der Waals surface area (Å²) in [6.45, 7) is 4.50. The van der Waals surface area contributed by atoms with Gasteiger partial charge in [0.15, 0.2) is 0 Å². The van der Waals surface area contributed by atoms with Crippen molar-refractivity contribution in [3.8, 4) is 22.4 Å². The summed E-state index contributed by atoms with van der Waals surface area (Å²) >= 11 is 0. The van der Waals surface area contributed by atoms with Gasteiger partial charge in [-0.3, -0.25) is 4.98 Å². The van der Waals surface area contributed by atoms with Crippen LogP contribution in [-0.2, 0) is 5.41 Å². The monoisotopic (exact) mass is 524 g/mol. The summed E-state index contributed by atoms with van der Waals surface area (Å²) < 4.78 is 0. The lowest BCUT2D eigenvalue weighted by Crippen LogP contribution is -2.30. The van der Waals surface area contributed by atoms with Crippen LogP contribution in [0.4, 0.5) is 0 Å². The molecule has 0 atom stereocenters. The van der Waals surface area contributed by atoms with E-state index in [0.29, 0.717) is 0 Å². The Bertz CT molecular complexity index is 2090. The fourth-order valence-electron chi connectivity index (χ4n) is 7.15. The first kappa shape index (κ1) is 23.8. The molecule has 2 heteroatoms. The second-order valence-electron chi connectivity index (χ2n) is 11.0. The molecule has 2 aromatic heterocycles. The Balaban J connectivity index is 1.45. The highest BCUT2D eigenvalue weighted by atomic mass is 14.8. The van der Waals surface area contributed by atoms with E-state index in [-0.39, 0.29) is 0 Å². The standard InChI is InChI=1S/C39H28N2/c1-25-11-3-6-16-32(25)39(34-17-7-4-13-30(34)31-14-5-8-18-35(31)39)33-19-9-15-29(26(33)2)36-23-22-28-21-20-27-12-10-24-40-37(27)38(28)41-36/h3-24H,1-2H3. The average Bonchev–Trinajstić information content (AvgIpc) is 3.32. The highest BCUT2D eigenvalue weighted by Crippen LogP contribution is 2.57. The summed E-state index contributed by atoms with van der Waals surface area (Å²) in [5.41, 5.74) is 14.0. The number of aromatic nitrogens is 2. The minimum Gasteiger partial charge on any atom is -0.254 e. The number of benzene rings is 5. The summed E-state index contributed by atoms with van der Waals surface area (Å²) in [5, 5.41) is 2.21. The van der Waals surface area contributed by atoms with E-state index in [1.807, 2.05) is 12.3 Å². The summed E-state index contributed by atoms with van der Waals surface area (Å²) in [6, 6.07) is 46.1. The lowest BCUT2D eigenvalue weighted by Gasteiger charge is -2.36. The van der Waals surface area contributed by atoms with Crippen LogP contribution < -0.4 is 0 Å². The predicted molar refractivity (Wildman–Crippen MR) is 169 cm³/mol. The maximum absolute atomic E-state index is 5.24. The Labute approximate surface area is 240 Å². The summed E-state index contributed by atoms with van der Waals surface area (Å²) in [6.07, 6.45) is 1.85. The van der Waals surface area contributed by atoms with Crippen molar-refractivity contribution in [1.82, 2.24) is 9.97 Å². The zero-order chi connectivity index (χ0) is 27.6. The molecule has 5 aromatic carbocycles. The predicted octanol–water partition coefficient (Wildman–Crippen LogP) is 9.43. The fraction of sp³-hybridized carbons (Fsp3) is 0.0769. The van der Waals surface area contributed by atoms with Gasteiger partial charge in [0.1, 0.15) is 0 Å². The summed E-state index contributed by atoms with van der Waals surface area (Å²) in [7, 11) is 0. The number of hydrogen-bond acceptors (Lipinski definition) is 2. The van der Waals surface area contributed by atoms with Gasteiger partial charge in [-0.15, -0.1) is 0 Å². The van der Waals surface area contributed by atoms with Gasteiger partial charge in [0, 0.05) is 22.5 Å². The zero-order valence-electron chi connectivity index (χ0n) is 23.1. The first-order valence-electron chi connectivity index (χ1n) is 14.2. The van der Waals surface area contributed by atoms with Crippen molar-refractivity contribution in [2.75, 3.05) is 0 Å². The Hall–Kier alpha value is -5.08. The minimum atomic E-state index is -0.441. The molecular weight excluding hydrogens is 496 g/mol. The second-order valence-corrected chi connectivity index (χ2v) is 11.0. The lowest BCUT2D eigenvalue weighted by molar-refractivity contribution is 0.754. The SMILES string of the molecule is Cc1ccccc1C1(c2cccc(-c3ccc4ccc5cccnc5c4n3)c2C)c2ccccc2-c2ccccc21. The smallest absolute Gasteiger partial charge is 0.0972 e. The van der Waals surface area contributed by atoms with Crippen LogP contribution in [0.1, 0.15) is 33.4 Å². The molecule has 0 N–H and O–H groups in total. The Morgan fingerprint density at radius 3 is 1.78 bits per heavy atom. The van der Waals surface area contributed by atoms with Gasteiger partial charge in [0.2, 0.25) is 0 Å². The maximum Gasteiger partial charge on any atom is 0.0972 e. The molecule has 0 fully saturated rings. The third kappa shape index (κ3) is 3.31. The number of rotatable bonds is 3. The molecule has 7 aromatic rings. The quantitative estimate of drug-likeness (QED) is 0.215. The van der Waals surface area contributed by atoms with Crippen molar-refractivity contribution in [3.05, 3.63) is 167 Å². The molecule has 8 rings (SSSR count). The minimum absolute atomic E-state index is 0.441. The molecule has 2 heterocycles. The zero-order valence-corrected chi connectivity index (χ0v) is 23.1. The highest BCUT2D eigenvalue weighted by molar-refractivity contribution is 6.03. The molecule has 0 bridgehead atoms. The number of aryl methyl sites for hydroxylation is 1. The van der Waals surface area contributed by atoms with Crippen molar-refractivity contribution in [1.29, 1.82) is 0 Å². The van der Waals surface area contributed by atoms with Crippen LogP contribution in [0.15, 0.2) is 134 Å². The molecular formula is C39H28N2. The third-order valence-corrected chi connectivity index (χ3v) is 8.95. The molecule has 0 unspecified atom stereocenters. The molecule has 0 spiro atoms. The molecule has 1 aliphatic carbocycles. The van der Waals surface area contributed by atoms with Gasteiger partial charge in [-0.05, 0) is 70.5 Å². The largest absolute Gasteiger partial charge is 0.254 e. The molecule has 0 saturated heterocycles. The van der Waals surface area contributed by atoms with Crippen LogP contribution in [0.2, 0.25) is 0 Å².